The van der Waals surface area contributed by atoms with Gasteiger partial charge in [0, 0.05) is 69.4 Å². The van der Waals surface area contributed by atoms with E-state index in [9.17, 15) is 4.79 Å². The predicted molar refractivity (Wildman–Crippen MR) is 155 cm³/mol. The van der Waals surface area contributed by atoms with Crippen LogP contribution in [0.25, 0.3) is 0 Å². The summed E-state index contributed by atoms with van der Waals surface area (Å²) in [7, 11) is 0. The first kappa shape index (κ1) is 27.2. The highest BCUT2D eigenvalue weighted by Crippen LogP contribution is 2.38. The Morgan fingerprint density at radius 3 is 2.27 bits per heavy atom. The van der Waals surface area contributed by atoms with Crippen molar-refractivity contribution in [2.75, 3.05) is 50.7 Å². The Morgan fingerprint density at radius 1 is 0.950 bits per heavy atom. The Kier molecular flexibility index (Phi) is 8.33. The van der Waals surface area contributed by atoms with Crippen LogP contribution in [0.15, 0.2) is 42.5 Å². The molecule has 0 aromatic heterocycles. The number of halogens is 1. The number of nitrogens with one attached hydrogen (secondary N) is 1. The number of fused-ring (bicyclic) bond motifs is 2. The van der Waals surface area contributed by atoms with Gasteiger partial charge in [0.05, 0.1) is 10.6 Å². The van der Waals surface area contributed by atoms with E-state index in [4.69, 9.17) is 26.3 Å². The lowest BCUT2D eigenvalue weighted by atomic mass is 9.97. The fraction of sp³-hybridized carbons (Fsp3) is 0.548. The number of carbonyl (C=O) groups excluding carboxylic acids is 1. The average Bonchev–Trinajstić information content (AvgIpc) is 3.25. The fourth-order valence-corrected chi connectivity index (χ4v) is 7.08. The summed E-state index contributed by atoms with van der Waals surface area (Å²) in [4.78, 5) is 20.2. The van der Waals surface area contributed by atoms with Gasteiger partial charge in [0.15, 0.2) is 0 Å². The Bertz CT molecular complexity index is 1210. The van der Waals surface area contributed by atoms with Crippen LogP contribution in [0.4, 0.5) is 10.5 Å². The third-order valence-electron chi connectivity index (χ3n) is 9.02. The van der Waals surface area contributed by atoms with Crippen molar-refractivity contribution in [2.45, 2.75) is 56.7 Å². The molecular formula is C31H38ClN5O3. The number of nitriles is 1. The lowest BCUT2D eigenvalue weighted by Crippen LogP contribution is -2.50. The summed E-state index contributed by atoms with van der Waals surface area (Å²) in [6, 6.07) is 15.4. The van der Waals surface area contributed by atoms with E-state index in [-0.39, 0.29) is 24.3 Å². The zero-order valence-electron chi connectivity index (χ0n) is 22.9. The number of amides is 1. The van der Waals surface area contributed by atoms with Crippen molar-refractivity contribution in [3.63, 3.8) is 0 Å². The van der Waals surface area contributed by atoms with E-state index >= 15 is 0 Å². The van der Waals surface area contributed by atoms with Gasteiger partial charge < -0.3 is 24.6 Å². The minimum Gasteiger partial charge on any atom is -0.490 e. The Balaban J connectivity index is 0.984. The molecule has 2 aromatic rings. The number of carbonyl (C=O) groups is 1. The number of ether oxygens (including phenoxy) is 2. The van der Waals surface area contributed by atoms with Crippen LogP contribution in [0.1, 0.15) is 44.1 Å². The molecule has 0 spiro atoms. The second kappa shape index (κ2) is 12.3. The smallest absolute Gasteiger partial charge is 0.415 e. The summed E-state index contributed by atoms with van der Waals surface area (Å²) in [5.74, 6) is 2.08. The molecule has 4 aliphatic rings. The van der Waals surface area contributed by atoms with Crippen LogP contribution in [0.2, 0.25) is 5.02 Å². The molecule has 2 bridgehead atoms. The van der Waals surface area contributed by atoms with Gasteiger partial charge in [-0.15, -0.1) is 0 Å². The maximum atomic E-state index is 13.2. The molecule has 1 N–H and O–H groups in total. The molecule has 2 unspecified atom stereocenters. The van der Waals surface area contributed by atoms with Crippen LogP contribution in [-0.4, -0.2) is 79.9 Å². The summed E-state index contributed by atoms with van der Waals surface area (Å²) in [5.41, 5.74) is 1.62. The number of hydrogen-bond acceptors (Lipinski definition) is 7. The third-order valence-corrected chi connectivity index (χ3v) is 9.33. The quantitative estimate of drug-likeness (QED) is 0.535. The standard InChI is InChI=1S/C31H38ClN5O3/c32-30-19-28(6-1-23(30)20-33)39-29-17-25-2-3-26(18-29)37(25)31(38)40-27-7-4-24(5-8-27)36-15-13-35(14-16-36)21-22-9-11-34-12-10-22/h1,4-8,19,22,25-26,29,34H,2-3,9-18,21H2. The fourth-order valence-electron chi connectivity index (χ4n) is 6.87. The molecule has 2 aromatic carbocycles. The van der Waals surface area contributed by atoms with Crippen molar-refractivity contribution < 1.29 is 14.3 Å². The largest absolute Gasteiger partial charge is 0.490 e. The van der Waals surface area contributed by atoms with Crippen LogP contribution >= 0.6 is 11.6 Å². The molecule has 4 saturated heterocycles. The molecule has 4 aliphatic heterocycles. The summed E-state index contributed by atoms with van der Waals surface area (Å²) in [6.45, 7) is 7.79. The highest BCUT2D eigenvalue weighted by Gasteiger charge is 2.45. The van der Waals surface area contributed by atoms with Crippen molar-refractivity contribution in [1.82, 2.24) is 15.1 Å². The molecular weight excluding hydrogens is 526 g/mol. The Hall–Kier alpha value is -2.99. The normalized spacial score (nSPS) is 25.4. The molecule has 6 rings (SSSR count). The average molecular weight is 564 g/mol. The van der Waals surface area contributed by atoms with Crippen LogP contribution in [0.3, 0.4) is 0 Å². The zero-order chi connectivity index (χ0) is 27.5. The topological polar surface area (TPSA) is 81.1 Å². The van der Waals surface area contributed by atoms with Gasteiger partial charge in [-0.05, 0) is 81.1 Å². The van der Waals surface area contributed by atoms with E-state index < -0.39 is 0 Å². The van der Waals surface area contributed by atoms with Crippen molar-refractivity contribution in [2.24, 2.45) is 5.92 Å². The van der Waals surface area contributed by atoms with Gasteiger partial charge in [0.1, 0.15) is 23.7 Å². The molecule has 4 heterocycles. The second-order valence-corrected chi connectivity index (χ2v) is 12.0. The van der Waals surface area contributed by atoms with E-state index in [1.54, 1.807) is 18.2 Å². The van der Waals surface area contributed by atoms with E-state index in [1.807, 2.05) is 17.0 Å². The minimum atomic E-state index is -0.272. The predicted octanol–water partition coefficient (Wildman–Crippen LogP) is 4.91. The van der Waals surface area contributed by atoms with E-state index in [2.05, 4.69) is 33.3 Å². The summed E-state index contributed by atoms with van der Waals surface area (Å²) < 4.78 is 12.0. The van der Waals surface area contributed by atoms with E-state index in [0.717, 1.165) is 70.9 Å². The number of hydrogen-bond donors (Lipinski definition) is 1. The van der Waals surface area contributed by atoms with Crippen LogP contribution in [0, 0.1) is 17.2 Å². The van der Waals surface area contributed by atoms with Gasteiger partial charge in [-0.2, -0.15) is 5.26 Å². The molecule has 4 fully saturated rings. The molecule has 2 atom stereocenters. The summed E-state index contributed by atoms with van der Waals surface area (Å²) in [5, 5.41) is 12.9. The number of nitrogens with zero attached hydrogens (tertiary/aromatic N) is 4. The zero-order valence-corrected chi connectivity index (χ0v) is 23.7. The van der Waals surface area contributed by atoms with Crippen molar-refractivity contribution >= 4 is 23.4 Å². The first-order valence-electron chi connectivity index (χ1n) is 14.7. The molecule has 0 saturated carbocycles. The molecule has 1 amide bonds. The van der Waals surface area contributed by atoms with E-state index in [1.165, 1.54) is 25.1 Å². The summed E-state index contributed by atoms with van der Waals surface area (Å²) >= 11 is 6.17. The van der Waals surface area contributed by atoms with Crippen molar-refractivity contribution in [3.05, 3.63) is 53.1 Å². The highest BCUT2D eigenvalue weighted by molar-refractivity contribution is 6.31. The SMILES string of the molecule is N#Cc1ccc(OC2CC3CCC(C2)N3C(=O)Oc2ccc(N3CCN(CC4CCNCC4)CC3)cc2)cc1Cl. The van der Waals surface area contributed by atoms with Crippen molar-refractivity contribution in [1.29, 1.82) is 5.26 Å². The molecule has 9 heteroatoms. The molecule has 40 heavy (non-hydrogen) atoms. The number of piperidine rings is 2. The number of piperazine rings is 1. The molecule has 0 radical (unpaired) electrons. The lowest BCUT2D eigenvalue weighted by molar-refractivity contribution is 0.0528. The molecule has 0 aliphatic carbocycles. The van der Waals surface area contributed by atoms with E-state index in [0.29, 0.717) is 22.1 Å². The Labute approximate surface area is 241 Å². The van der Waals surface area contributed by atoms with Gasteiger partial charge in [0.2, 0.25) is 0 Å². The Morgan fingerprint density at radius 2 is 1.62 bits per heavy atom. The highest BCUT2D eigenvalue weighted by atomic mass is 35.5. The maximum absolute atomic E-state index is 13.2. The van der Waals surface area contributed by atoms with Gasteiger partial charge in [-0.25, -0.2) is 4.79 Å². The van der Waals surface area contributed by atoms with Gasteiger partial charge in [-0.1, -0.05) is 11.6 Å². The number of rotatable bonds is 6. The van der Waals surface area contributed by atoms with Crippen molar-refractivity contribution in [3.8, 4) is 17.6 Å². The van der Waals surface area contributed by atoms with Crippen LogP contribution < -0.4 is 19.7 Å². The molecule has 212 valence electrons. The van der Waals surface area contributed by atoms with Gasteiger partial charge in [0.25, 0.3) is 0 Å². The van der Waals surface area contributed by atoms with Gasteiger partial charge in [-0.3, -0.25) is 4.90 Å². The minimum absolute atomic E-state index is 0.00461. The third kappa shape index (κ3) is 6.17. The molecule has 8 nitrogen and oxygen atoms in total. The second-order valence-electron chi connectivity index (χ2n) is 11.6. The first-order valence-corrected chi connectivity index (χ1v) is 15.1. The first-order chi connectivity index (χ1) is 19.6. The number of anilines is 1. The van der Waals surface area contributed by atoms with Gasteiger partial charge >= 0.3 is 6.09 Å². The maximum Gasteiger partial charge on any atom is 0.415 e. The summed E-state index contributed by atoms with van der Waals surface area (Å²) in [6.07, 6.45) is 5.74. The van der Waals surface area contributed by atoms with Crippen LogP contribution in [-0.2, 0) is 0 Å². The number of benzene rings is 2. The lowest BCUT2D eigenvalue weighted by Gasteiger charge is -2.38. The van der Waals surface area contributed by atoms with Crippen LogP contribution in [0.5, 0.6) is 11.5 Å². The monoisotopic (exact) mass is 563 g/mol.